The summed E-state index contributed by atoms with van der Waals surface area (Å²) in [5.74, 6) is -1.20. The third-order valence-electron chi connectivity index (χ3n) is 1.53. The van der Waals surface area contributed by atoms with Gasteiger partial charge < -0.3 is 15.7 Å². The lowest BCUT2D eigenvalue weighted by atomic mass is 10.2. The second kappa shape index (κ2) is 6.40. The van der Waals surface area contributed by atoms with E-state index in [0.717, 1.165) is 0 Å². The van der Waals surface area contributed by atoms with E-state index in [1.54, 1.807) is 0 Å². The molecule has 0 saturated heterocycles. The molecule has 0 fully saturated rings. The fourth-order valence-corrected chi connectivity index (χ4v) is 2.61. The second-order valence-electron chi connectivity index (χ2n) is 3.08. The van der Waals surface area contributed by atoms with Crippen LogP contribution in [-0.2, 0) is 23.6 Å². The number of nitrogens with one attached hydrogen (secondary N) is 1. The molecule has 0 radical (unpaired) electrons. The molecule has 0 bridgehead atoms. The molecule has 0 aromatic carbocycles. The highest BCUT2D eigenvalue weighted by Gasteiger charge is 2.25. The van der Waals surface area contributed by atoms with E-state index in [2.05, 4.69) is 9.11 Å². The SMILES string of the molecule is NC(CCCNP(=O)(O)OS(N)(=O)=O)C(=O)O. The van der Waals surface area contributed by atoms with Crippen molar-refractivity contribution < 1.29 is 31.7 Å². The van der Waals surface area contributed by atoms with Crippen LogP contribution in [0.25, 0.3) is 0 Å². The van der Waals surface area contributed by atoms with Gasteiger partial charge in [0.25, 0.3) is 0 Å². The summed E-state index contributed by atoms with van der Waals surface area (Å²) in [6.45, 7) is -0.149. The number of carboxylic acid groups (broad SMARTS) is 1. The van der Waals surface area contributed by atoms with Crippen molar-refractivity contribution in [3.63, 3.8) is 0 Å². The topological polar surface area (TPSA) is 182 Å². The van der Waals surface area contributed by atoms with E-state index in [-0.39, 0.29) is 19.4 Å². The molecular weight excluding hydrogens is 277 g/mol. The standard InChI is InChI=1S/C5H14N3O7PS/c6-4(5(9)10)2-1-3-8-16(11,12)15-17(7,13)14/h4H,1-3,6H2,(H,9,10)(H2,7,13,14)(H2,8,11,12). The summed E-state index contributed by atoms with van der Waals surface area (Å²) in [6, 6.07) is -1.09. The molecule has 2 atom stereocenters. The Balaban J connectivity index is 3.97. The van der Waals surface area contributed by atoms with Crippen molar-refractivity contribution in [2.45, 2.75) is 18.9 Å². The number of nitrogens with two attached hydrogens (primary N) is 2. The van der Waals surface area contributed by atoms with Crippen molar-refractivity contribution in [3.8, 4) is 0 Å². The van der Waals surface area contributed by atoms with Gasteiger partial charge in [0.2, 0.25) is 0 Å². The minimum Gasteiger partial charge on any atom is -0.480 e. The van der Waals surface area contributed by atoms with Crippen molar-refractivity contribution in [1.29, 1.82) is 0 Å². The van der Waals surface area contributed by atoms with Crippen LogP contribution in [0.1, 0.15) is 12.8 Å². The van der Waals surface area contributed by atoms with Crippen LogP contribution in [0.3, 0.4) is 0 Å². The van der Waals surface area contributed by atoms with Crippen LogP contribution in [0.15, 0.2) is 0 Å². The minimum absolute atomic E-state index is 0.0533. The fourth-order valence-electron chi connectivity index (χ4n) is 0.833. The number of hydrogen-bond donors (Lipinski definition) is 5. The maximum absolute atomic E-state index is 11.0. The smallest absolute Gasteiger partial charge is 0.418 e. The first-order chi connectivity index (χ1) is 7.53. The lowest BCUT2D eigenvalue weighted by molar-refractivity contribution is -0.138. The van der Waals surface area contributed by atoms with Gasteiger partial charge >= 0.3 is 24.0 Å². The average molecular weight is 291 g/mol. The molecule has 0 heterocycles. The molecule has 0 aliphatic rings. The van der Waals surface area contributed by atoms with Gasteiger partial charge in [-0.05, 0) is 12.8 Å². The van der Waals surface area contributed by atoms with E-state index >= 15 is 0 Å². The largest absolute Gasteiger partial charge is 0.480 e. The van der Waals surface area contributed by atoms with Crippen molar-refractivity contribution in [2.75, 3.05) is 6.54 Å². The molecule has 102 valence electrons. The van der Waals surface area contributed by atoms with E-state index in [4.69, 9.17) is 15.7 Å². The van der Waals surface area contributed by atoms with Gasteiger partial charge in [0.05, 0.1) is 0 Å². The number of aliphatic carboxylic acids is 1. The molecule has 7 N–H and O–H groups in total. The molecule has 0 spiro atoms. The molecule has 0 aromatic heterocycles. The molecule has 17 heavy (non-hydrogen) atoms. The van der Waals surface area contributed by atoms with E-state index in [0.29, 0.717) is 0 Å². The van der Waals surface area contributed by atoms with Crippen LogP contribution in [0, 0.1) is 0 Å². The van der Waals surface area contributed by atoms with E-state index in [1.165, 1.54) is 0 Å². The Kier molecular flexibility index (Phi) is 6.19. The zero-order valence-electron chi connectivity index (χ0n) is 8.64. The number of hydrogen-bond acceptors (Lipinski definition) is 6. The van der Waals surface area contributed by atoms with Crippen LogP contribution >= 0.6 is 7.75 Å². The molecule has 0 saturated carbocycles. The summed E-state index contributed by atoms with van der Waals surface area (Å²) >= 11 is 0. The van der Waals surface area contributed by atoms with Crippen molar-refractivity contribution in [3.05, 3.63) is 0 Å². The number of rotatable bonds is 8. The zero-order chi connectivity index (χ0) is 13.7. The molecule has 0 aliphatic carbocycles. The zero-order valence-corrected chi connectivity index (χ0v) is 10.4. The Hall–Kier alpha value is -0.550. The van der Waals surface area contributed by atoms with Crippen molar-refractivity contribution >= 4 is 24.0 Å². The highest BCUT2D eigenvalue weighted by atomic mass is 32.2. The van der Waals surface area contributed by atoms with Gasteiger partial charge in [-0.1, -0.05) is 0 Å². The normalized spacial score (nSPS) is 17.4. The van der Waals surface area contributed by atoms with Gasteiger partial charge in [-0.2, -0.15) is 12.4 Å². The molecule has 12 heteroatoms. The first kappa shape index (κ1) is 16.4. The maximum atomic E-state index is 11.0. The number of carbonyl (C=O) groups is 1. The second-order valence-corrected chi connectivity index (χ2v) is 6.02. The number of carboxylic acids is 1. The highest BCUT2D eigenvalue weighted by Crippen LogP contribution is 2.37. The summed E-state index contributed by atoms with van der Waals surface area (Å²) in [5.41, 5.74) is 5.16. The van der Waals surface area contributed by atoms with Gasteiger partial charge in [0.1, 0.15) is 6.04 Å². The minimum atomic E-state index is -4.55. The lowest BCUT2D eigenvalue weighted by Crippen LogP contribution is -2.31. The maximum Gasteiger partial charge on any atom is 0.418 e. The molecule has 0 aromatic rings. The molecule has 2 unspecified atom stereocenters. The van der Waals surface area contributed by atoms with Gasteiger partial charge in [-0.25, -0.2) is 14.8 Å². The third-order valence-corrected chi connectivity index (χ3v) is 3.79. The van der Waals surface area contributed by atoms with Gasteiger partial charge in [0, 0.05) is 6.54 Å². The Morgan fingerprint density at radius 3 is 2.47 bits per heavy atom. The summed E-state index contributed by atoms with van der Waals surface area (Å²) in [7, 11) is -9.09. The summed E-state index contributed by atoms with van der Waals surface area (Å²) in [4.78, 5) is 19.2. The van der Waals surface area contributed by atoms with Crippen LogP contribution < -0.4 is 16.0 Å². The van der Waals surface area contributed by atoms with Gasteiger partial charge in [-0.3, -0.25) is 4.79 Å². The first-order valence-corrected chi connectivity index (χ1v) is 7.38. The third kappa shape index (κ3) is 9.18. The molecule has 0 rings (SSSR count). The summed E-state index contributed by atoms with van der Waals surface area (Å²) in [6.07, 6.45) is 0.198. The molecular formula is C5H14N3O7PS. The Morgan fingerprint density at radius 2 is 2.06 bits per heavy atom. The lowest BCUT2D eigenvalue weighted by Gasteiger charge is -2.11. The van der Waals surface area contributed by atoms with Gasteiger partial charge in [0.15, 0.2) is 0 Å². The molecule has 0 amide bonds. The first-order valence-electron chi connectivity index (χ1n) is 4.34. The van der Waals surface area contributed by atoms with Gasteiger partial charge in [-0.15, -0.1) is 0 Å². The average Bonchev–Trinajstić information content (AvgIpc) is 2.07. The van der Waals surface area contributed by atoms with Crippen molar-refractivity contribution in [1.82, 2.24) is 5.09 Å². The van der Waals surface area contributed by atoms with Crippen molar-refractivity contribution in [2.24, 2.45) is 10.9 Å². The quantitative estimate of drug-likeness (QED) is 0.251. The summed E-state index contributed by atoms with van der Waals surface area (Å²) < 4.78 is 35.4. The monoisotopic (exact) mass is 291 g/mol. The van der Waals surface area contributed by atoms with Crippen LogP contribution in [-0.4, -0.2) is 37.0 Å². The molecule has 10 nitrogen and oxygen atoms in total. The Morgan fingerprint density at radius 1 is 1.53 bits per heavy atom. The van der Waals surface area contributed by atoms with E-state index in [1.807, 2.05) is 5.09 Å². The predicted octanol–water partition coefficient (Wildman–Crippen LogP) is -1.91. The fraction of sp³-hybridized carbons (Fsp3) is 0.800. The van der Waals surface area contributed by atoms with Crippen LogP contribution in [0.2, 0.25) is 0 Å². The van der Waals surface area contributed by atoms with Crippen LogP contribution in [0.5, 0.6) is 0 Å². The van der Waals surface area contributed by atoms with Crippen LogP contribution in [0.4, 0.5) is 0 Å². The Bertz CT molecular complexity index is 410. The van der Waals surface area contributed by atoms with E-state index in [9.17, 15) is 17.8 Å². The summed E-state index contributed by atoms with van der Waals surface area (Å²) in [5, 5.41) is 14.7. The van der Waals surface area contributed by atoms with E-state index < -0.39 is 30.1 Å². The highest BCUT2D eigenvalue weighted by molar-refractivity contribution is 7.88. The Labute approximate surface area is 97.8 Å². The molecule has 0 aliphatic heterocycles. The predicted molar refractivity (Wildman–Crippen MR) is 56.9 cm³/mol.